The number of hydrogen-bond donors (Lipinski definition) is 1. The summed E-state index contributed by atoms with van der Waals surface area (Å²) in [5.41, 5.74) is 3.06. The third-order valence-electron chi connectivity index (χ3n) is 6.72. The average molecular weight is 423 g/mol. The molecule has 2 aromatic carbocycles. The van der Waals surface area contributed by atoms with Crippen LogP contribution in [0.4, 0.5) is 0 Å². The Balaban J connectivity index is 1.31. The number of nitrogens with one attached hydrogen (secondary N) is 1. The van der Waals surface area contributed by atoms with Gasteiger partial charge in [-0.2, -0.15) is 5.21 Å². The lowest BCUT2D eigenvalue weighted by molar-refractivity contribution is 0.0735. The molecule has 0 radical (unpaired) electrons. The van der Waals surface area contributed by atoms with E-state index in [4.69, 9.17) is 16.3 Å². The van der Waals surface area contributed by atoms with E-state index in [-0.39, 0.29) is 11.2 Å². The van der Waals surface area contributed by atoms with Gasteiger partial charge in [0.25, 0.3) is 0 Å². The summed E-state index contributed by atoms with van der Waals surface area (Å²) in [6.07, 6.45) is 4.55. The van der Waals surface area contributed by atoms with Crippen molar-refractivity contribution in [1.82, 2.24) is 20.6 Å². The highest BCUT2D eigenvalue weighted by molar-refractivity contribution is 6.27. The first kappa shape index (κ1) is 19.2. The standard InChI is InChI=1S/C23H23ClN4O2/c1-23(16-4-2-3-5-16)20(24)19-12-17(10-11-18(19)21(23)29)30-13-14-6-8-15(9-7-14)22-25-27-28-26-22/h6-12,16,20H,2-5,13H2,1H3,(H,25,26,27,28). The van der Waals surface area contributed by atoms with Gasteiger partial charge in [-0.05, 0) is 53.3 Å². The highest BCUT2D eigenvalue weighted by Crippen LogP contribution is 2.57. The van der Waals surface area contributed by atoms with Crippen molar-refractivity contribution in [2.24, 2.45) is 11.3 Å². The second-order valence-electron chi connectivity index (χ2n) is 8.43. The zero-order valence-corrected chi connectivity index (χ0v) is 17.5. The molecule has 0 aliphatic heterocycles. The molecule has 1 heterocycles. The van der Waals surface area contributed by atoms with E-state index < -0.39 is 5.41 Å². The fraction of sp³-hybridized carbons (Fsp3) is 0.391. The molecule has 1 N–H and O–H groups in total. The number of aromatic nitrogens is 4. The molecule has 5 rings (SSSR count). The lowest BCUT2D eigenvalue weighted by atomic mass is 9.72. The maximum atomic E-state index is 13.2. The molecule has 2 aliphatic rings. The molecular weight excluding hydrogens is 400 g/mol. The number of rotatable bonds is 5. The molecule has 1 aromatic heterocycles. The van der Waals surface area contributed by atoms with Crippen LogP contribution in [0.5, 0.6) is 5.75 Å². The summed E-state index contributed by atoms with van der Waals surface area (Å²) in [5, 5.41) is 13.7. The number of ketones is 1. The fourth-order valence-electron chi connectivity index (χ4n) is 4.89. The number of ether oxygens (including phenoxy) is 1. The van der Waals surface area contributed by atoms with Gasteiger partial charge in [-0.3, -0.25) is 4.79 Å². The zero-order chi connectivity index (χ0) is 20.7. The minimum Gasteiger partial charge on any atom is -0.489 e. The van der Waals surface area contributed by atoms with E-state index in [9.17, 15) is 4.79 Å². The quantitative estimate of drug-likeness (QED) is 0.577. The number of alkyl halides is 1. The molecule has 3 aromatic rings. The van der Waals surface area contributed by atoms with Crippen molar-refractivity contribution in [3.8, 4) is 17.1 Å². The number of hydrogen-bond acceptors (Lipinski definition) is 5. The van der Waals surface area contributed by atoms with Crippen LogP contribution in [0, 0.1) is 11.3 Å². The molecular formula is C23H23ClN4O2. The normalized spacial score (nSPS) is 23.7. The van der Waals surface area contributed by atoms with E-state index in [1.807, 2.05) is 42.5 Å². The first-order valence-electron chi connectivity index (χ1n) is 10.4. The molecule has 7 heteroatoms. The molecule has 154 valence electrons. The van der Waals surface area contributed by atoms with Crippen LogP contribution in [0.15, 0.2) is 42.5 Å². The number of carbonyl (C=O) groups is 1. The van der Waals surface area contributed by atoms with Gasteiger partial charge >= 0.3 is 0 Å². The van der Waals surface area contributed by atoms with Crippen molar-refractivity contribution in [3.63, 3.8) is 0 Å². The topological polar surface area (TPSA) is 80.8 Å². The van der Waals surface area contributed by atoms with Gasteiger partial charge in [-0.25, -0.2) is 0 Å². The summed E-state index contributed by atoms with van der Waals surface area (Å²) in [7, 11) is 0. The number of benzene rings is 2. The largest absolute Gasteiger partial charge is 0.489 e. The molecule has 0 bridgehead atoms. The fourth-order valence-corrected chi connectivity index (χ4v) is 5.35. The Morgan fingerprint density at radius 2 is 1.93 bits per heavy atom. The van der Waals surface area contributed by atoms with Crippen LogP contribution in [-0.2, 0) is 6.61 Å². The van der Waals surface area contributed by atoms with E-state index in [0.29, 0.717) is 18.3 Å². The van der Waals surface area contributed by atoms with E-state index >= 15 is 0 Å². The predicted octanol–water partition coefficient (Wildman–Crippen LogP) is 5.12. The zero-order valence-electron chi connectivity index (χ0n) is 16.8. The Morgan fingerprint density at radius 1 is 1.17 bits per heavy atom. The first-order valence-corrected chi connectivity index (χ1v) is 10.8. The van der Waals surface area contributed by atoms with Crippen molar-refractivity contribution in [1.29, 1.82) is 0 Å². The molecule has 2 aliphatic carbocycles. The minimum absolute atomic E-state index is 0.188. The van der Waals surface area contributed by atoms with Crippen LogP contribution in [-0.4, -0.2) is 26.4 Å². The summed E-state index contributed by atoms with van der Waals surface area (Å²) in [5.74, 6) is 1.84. The lowest BCUT2D eigenvalue weighted by Crippen LogP contribution is -2.33. The van der Waals surface area contributed by atoms with Crippen molar-refractivity contribution in [3.05, 3.63) is 59.2 Å². The maximum Gasteiger partial charge on any atom is 0.204 e. The van der Waals surface area contributed by atoms with Crippen LogP contribution in [0.1, 0.15) is 59.5 Å². The molecule has 1 saturated carbocycles. The van der Waals surface area contributed by atoms with E-state index in [2.05, 4.69) is 27.5 Å². The summed E-state index contributed by atoms with van der Waals surface area (Å²) >= 11 is 6.88. The second kappa shape index (κ2) is 7.51. The van der Waals surface area contributed by atoms with E-state index in [0.717, 1.165) is 40.8 Å². The number of Topliss-reactive ketones (excluding diaryl/α,β-unsaturated/α-hetero) is 1. The van der Waals surface area contributed by atoms with Crippen molar-refractivity contribution >= 4 is 17.4 Å². The molecule has 30 heavy (non-hydrogen) atoms. The molecule has 0 spiro atoms. The Morgan fingerprint density at radius 3 is 2.63 bits per heavy atom. The number of fused-ring (bicyclic) bond motifs is 1. The van der Waals surface area contributed by atoms with Crippen molar-refractivity contribution < 1.29 is 9.53 Å². The summed E-state index contributed by atoms with van der Waals surface area (Å²) in [4.78, 5) is 13.2. The smallest absolute Gasteiger partial charge is 0.204 e. The summed E-state index contributed by atoms with van der Waals surface area (Å²) in [6, 6.07) is 13.5. The molecule has 2 unspecified atom stereocenters. The van der Waals surface area contributed by atoms with Gasteiger partial charge in [-0.15, -0.1) is 21.8 Å². The van der Waals surface area contributed by atoms with Crippen LogP contribution in [0.3, 0.4) is 0 Å². The first-order chi connectivity index (χ1) is 14.6. The van der Waals surface area contributed by atoms with Gasteiger partial charge in [0.1, 0.15) is 12.4 Å². The third-order valence-corrected chi connectivity index (χ3v) is 7.41. The van der Waals surface area contributed by atoms with Gasteiger partial charge in [-0.1, -0.05) is 44.0 Å². The van der Waals surface area contributed by atoms with Gasteiger partial charge in [0, 0.05) is 11.1 Å². The average Bonchev–Trinajstić information content (AvgIpc) is 3.53. The maximum absolute atomic E-state index is 13.2. The Bertz CT molecular complexity index is 1060. The molecule has 0 amide bonds. The van der Waals surface area contributed by atoms with Crippen molar-refractivity contribution in [2.75, 3.05) is 0 Å². The van der Waals surface area contributed by atoms with Crippen LogP contribution in [0.2, 0.25) is 0 Å². The van der Waals surface area contributed by atoms with Crippen LogP contribution < -0.4 is 4.74 Å². The second-order valence-corrected chi connectivity index (χ2v) is 8.86. The Labute approximate surface area is 180 Å². The SMILES string of the molecule is CC1(C2CCCC2)C(=O)c2ccc(OCc3ccc(-c4nn[nH]n4)cc3)cc2C1Cl. The number of nitrogens with zero attached hydrogens (tertiary/aromatic N) is 3. The Kier molecular flexibility index (Phi) is 4.82. The van der Waals surface area contributed by atoms with Gasteiger partial charge < -0.3 is 4.74 Å². The third kappa shape index (κ3) is 3.10. The predicted molar refractivity (Wildman–Crippen MR) is 113 cm³/mol. The highest BCUT2D eigenvalue weighted by Gasteiger charge is 2.53. The summed E-state index contributed by atoms with van der Waals surface area (Å²) in [6.45, 7) is 2.47. The number of aromatic amines is 1. The number of tetrazole rings is 1. The van der Waals surface area contributed by atoms with Gasteiger partial charge in [0.2, 0.25) is 5.82 Å². The van der Waals surface area contributed by atoms with E-state index in [1.54, 1.807) is 0 Å². The van der Waals surface area contributed by atoms with Crippen molar-refractivity contribution in [2.45, 2.75) is 44.6 Å². The molecule has 0 saturated heterocycles. The number of halogens is 1. The van der Waals surface area contributed by atoms with Crippen LogP contribution >= 0.6 is 11.6 Å². The van der Waals surface area contributed by atoms with Gasteiger partial charge in [0.05, 0.1) is 10.8 Å². The summed E-state index contributed by atoms with van der Waals surface area (Å²) < 4.78 is 6.01. The molecule has 1 fully saturated rings. The van der Waals surface area contributed by atoms with E-state index in [1.165, 1.54) is 12.8 Å². The highest BCUT2D eigenvalue weighted by atomic mass is 35.5. The van der Waals surface area contributed by atoms with Crippen LogP contribution in [0.25, 0.3) is 11.4 Å². The minimum atomic E-state index is -0.510. The number of H-pyrrole nitrogens is 1. The Hall–Kier alpha value is -2.73. The molecule has 6 nitrogen and oxygen atoms in total. The lowest BCUT2D eigenvalue weighted by Gasteiger charge is -2.32. The van der Waals surface area contributed by atoms with Gasteiger partial charge in [0.15, 0.2) is 5.78 Å². The monoisotopic (exact) mass is 422 g/mol. The molecule has 2 atom stereocenters. The number of carbonyl (C=O) groups excluding carboxylic acids is 1.